The number of benzene rings is 2. The number of anilines is 1. The highest BCUT2D eigenvalue weighted by atomic mass is 32.2. The quantitative estimate of drug-likeness (QED) is 0.565. The molecule has 8 heteroatoms. The summed E-state index contributed by atoms with van der Waals surface area (Å²) < 4.78 is 35.5. The fraction of sp³-hybridized carbons (Fsp3) is 0.316. The molecule has 0 bridgehead atoms. The molecule has 0 aromatic heterocycles. The molecule has 144 valence electrons. The molecule has 0 unspecified atom stereocenters. The van der Waals surface area contributed by atoms with Crippen LogP contribution in [0.25, 0.3) is 0 Å². The molecule has 3 rings (SSSR count). The van der Waals surface area contributed by atoms with Crippen LogP contribution in [0.15, 0.2) is 41.3 Å². The van der Waals surface area contributed by atoms with Crippen LogP contribution in [0, 0.1) is 0 Å². The van der Waals surface area contributed by atoms with Crippen molar-refractivity contribution in [3.8, 4) is 11.5 Å². The Morgan fingerprint density at radius 2 is 1.74 bits per heavy atom. The Kier molecular flexibility index (Phi) is 6.38. The van der Waals surface area contributed by atoms with Crippen molar-refractivity contribution >= 4 is 34.8 Å². The molecule has 0 spiro atoms. The number of rotatable bonds is 5. The summed E-state index contributed by atoms with van der Waals surface area (Å²) in [5, 5.41) is 3.78. The largest absolute Gasteiger partial charge is 0.493 e. The Labute approximate surface area is 166 Å². The summed E-state index contributed by atoms with van der Waals surface area (Å²) in [4.78, 5) is 2.60. The van der Waals surface area contributed by atoms with Gasteiger partial charge in [0.2, 0.25) is 0 Å². The minimum atomic E-state index is -2.42. The highest BCUT2D eigenvalue weighted by Crippen LogP contribution is 2.33. The molecular formula is C19H20F2N2O2S2. The SMILES string of the molecule is COc1cc2c(cc1OC)CN(C(=S)Nc1ccc(SC(F)F)cc1)CC2. The van der Waals surface area contributed by atoms with E-state index in [1.165, 1.54) is 5.56 Å². The van der Waals surface area contributed by atoms with Crippen LogP contribution in [0.2, 0.25) is 0 Å². The lowest BCUT2D eigenvalue weighted by Gasteiger charge is -2.31. The highest BCUT2D eigenvalue weighted by Gasteiger charge is 2.21. The Balaban J connectivity index is 1.67. The number of fused-ring (bicyclic) bond motifs is 1. The van der Waals surface area contributed by atoms with E-state index in [0.29, 0.717) is 34.1 Å². The van der Waals surface area contributed by atoms with Crippen LogP contribution in [0.1, 0.15) is 11.1 Å². The standard InChI is InChI=1S/C19H20F2N2O2S2/c1-24-16-9-12-7-8-23(11-13(12)10-17(16)25-2)19(26)22-14-3-5-15(6-4-14)27-18(20)21/h3-6,9-10,18H,7-8,11H2,1-2H3,(H,22,26). The van der Waals surface area contributed by atoms with Gasteiger partial charge in [-0.15, -0.1) is 0 Å². The van der Waals surface area contributed by atoms with E-state index >= 15 is 0 Å². The molecule has 0 saturated carbocycles. The average molecular weight is 411 g/mol. The molecule has 1 N–H and O–H groups in total. The van der Waals surface area contributed by atoms with Crippen LogP contribution in [0.3, 0.4) is 0 Å². The number of halogens is 2. The number of thioether (sulfide) groups is 1. The summed E-state index contributed by atoms with van der Waals surface area (Å²) in [6, 6.07) is 10.8. The van der Waals surface area contributed by atoms with Gasteiger partial charge in [-0.1, -0.05) is 11.8 Å². The first kappa shape index (κ1) is 19.7. The molecule has 1 heterocycles. The first-order chi connectivity index (χ1) is 13.0. The maximum atomic E-state index is 12.4. The molecule has 1 aliphatic rings. The van der Waals surface area contributed by atoms with E-state index in [4.69, 9.17) is 21.7 Å². The van der Waals surface area contributed by atoms with Crippen molar-refractivity contribution in [2.75, 3.05) is 26.1 Å². The van der Waals surface area contributed by atoms with E-state index in [9.17, 15) is 8.78 Å². The van der Waals surface area contributed by atoms with Crippen LogP contribution in [-0.2, 0) is 13.0 Å². The van der Waals surface area contributed by atoms with Gasteiger partial charge in [0.15, 0.2) is 16.6 Å². The summed E-state index contributed by atoms with van der Waals surface area (Å²) >= 11 is 6.06. The highest BCUT2D eigenvalue weighted by molar-refractivity contribution is 7.99. The maximum absolute atomic E-state index is 12.4. The van der Waals surface area contributed by atoms with E-state index in [-0.39, 0.29) is 0 Å². The first-order valence-corrected chi connectivity index (χ1v) is 9.63. The van der Waals surface area contributed by atoms with Crippen molar-refractivity contribution in [1.29, 1.82) is 0 Å². The molecule has 2 aromatic rings. The van der Waals surface area contributed by atoms with E-state index in [0.717, 1.165) is 30.0 Å². The molecule has 0 aliphatic carbocycles. The zero-order chi connectivity index (χ0) is 19.4. The molecular weight excluding hydrogens is 390 g/mol. The lowest BCUT2D eigenvalue weighted by molar-refractivity contribution is 0.252. The molecule has 1 aliphatic heterocycles. The minimum absolute atomic E-state index is 0.523. The maximum Gasteiger partial charge on any atom is 0.288 e. The van der Waals surface area contributed by atoms with Crippen LogP contribution < -0.4 is 14.8 Å². The van der Waals surface area contributed by atoms with Crippen molar-refractivity contribution < 1.29 is 18.3 Å². The molecule has 2 aromatic carbocycles. The number of methoxy groups -OCH3 is 2. The average Bonchev–Trinajstić information content (AvgIpc) is 2.67. The molecule has 0 atom stereocenters. The number of ether oxygens (including phenoxy) is 2. The predicted molar refractivity (Wildman–Crippen MR) is 108 cm³/mol. The van der Waals surface area contributed by atoms with Gasteiger partial charge in [0.05, 0.1) is 14.2 Å². The third kappa shape index (κ3) is 4.81. The van der Waals surface area contributed by atoms with Gasteiger partial charge in [-0.2, -0.15) is 8.78 Å². The van der Waals surface area contributed by atoms with Gasteiger partial charge >= 0.3 is 0 Å². The van der Waals surface area contributed by atoms with E-state index in [1.807, 2.05) is 12.1 Å². The third-order valence-corrected chi connectivity index (χ3v) is 5.42. The number of nitrogens with one attached hydrogen (secondary N) is 1. The molecule has 0 amide bonds. The summed E-state index contributed by atoms with van der Waals surface area (Å²) in [6.07, 6.45) is 0.849. The van der Waals surface area contributed by atoms with Gasteiger partial charge in [0, 0.05) is 23.7 Å². The van der Waals surface area contributed by atoms with Gasteiger partial charge in [0.25, 0.3) is 5.76 Å². The molecule has 0 fully saturated rings. The summed E-state index contributed by atoms with van der Waals surface area (Å²) in [7, 11) is 3.25. The lowest BCUT2D eigenvalue weighted by atomic mass is 9.99. The molecule has 0 radical (unpaired) electrons. The zero-order valence-corrected chi connectivity index (χ0v) is 16.6. The van der Waals surface area contributed by atoms with Crippen molar-refractivity contribution in [2.24, 2.45) is 0 Å². The predicted octanol–water partition coefficient (Wildman–Crippen LogP) is 4.77. The molecule has 27 heavy (non-hydrogen) atoms. The lowest BCUT2D eigenvalue weighted by Crippen LogP contribution is -2.38. The summed E-state index contributed by atoms with van der Waals surface area (Å²) in [5.41, 5.74) is 3.14. The molecule has 0 saturated heterocycles. The van der Waals surface area contributed by atoms with E-state index in [1.54, 1.807) is 38.5 Å². The van der Waals surface area contributed by atoms with Crippen molar-refractivity contribution in [3.05, 3.63) is 47.5 Å². The van der Waals surface area contributed by atoms with Crippen molar-refractivity contribution in [3.63, 3.8) is 0 Å². The van der Waals surface area contributed by atoms with Gasteiger partial charge in [-0.25, -0.2) is 0 Å². The van der Waals surface area contributed by atoms with Gasteiger partial charge in [0.1, 0.15) is 0 Å². The van der Waals surface area contributed by atoms with Gasteiger partial charge < -0.3 is 19.7 Å². The first-order valence-electron chi connectivity index (χ1n) is 8.34. The normalized spacial score (nSPS) is 13.3. The topological polar surface area (TPSA) is 33.7 Å². The number of alkyl halides is 2. The smallest absolute Gasteiger partial charge is 0.288 e. The summed E-state index contributed by atoms with van der Waals surface area (Å²) in [5.74, 6) is -0.995. The van der Waals surface area contributed by atoms with E-state index < -0.39 is 5.76 Å². The van der Waals surface area contributed by atoms with Gasteiger partial charge in [-0.05, 0) is 66.2 Å². The Morgan fingerprint density at radius 3 is 2.33 bits per heavy atom. The van der Waals surface area contributed by atoms with Crippen LogP contribution in [0.4, 0.5) is 14.5 Å². The zero-order valence-electron chi connectivity index (χ0n) is 15.0. The fourth-order valence-electron chi connectivity index (χ4n) is 2.98. The Hall–Kier alpha value is -2.06. The van der Waals surface area contributed by atoms with Gasteiger partial charge in [-0.3, -0.25) is 0 Å². The van der Waals surface area contributed by atoms with Crippen LogP contribution >= 0.6 is 24.0 Å². The number of nitrogens with zero attached hydrogens (tertiary/aromatic N) is 1. The minimum Gasteiger partial charge on any atom is -0.493 e. The Bertz CT molecular complexity index is 816. The summed E-state index contributed by atoms with van der Waals surface area (Å²) in [6.45, 7) is 1.45. The van der Waals surface area contributed by atoms with Crippen molar-refractivity contribution in [2.45, 2.75) is 23.6 Å². The Morgan fingerprint density at radius 1 is 1.11 bits per heavy atom. The molecule has 4 nitrogen and oxygen atoms in total. The van der Waals surface area contributed by atoms with E-state index in [2.05, 4.69) is 10.2 Å². The number of thiocarbonyl (C=S) groups is 1. The number of hydrogen-bond donors (Lipinski definition) is 1. The number of hydrogen-bond acceptors (Lipinski definition) is 4. The van der Waals surface area contributed by atoms with Crippen LogP contribution in [0.5, 0.6) is 11.5 Å². The monoisotopic (exact) mass is 410 g/mol. The second-order valence-corrected chi connectivity index (χ2v) is 7.43. The van der Waals surface area contributed by atoms with Crippen LogP contribution in [-0.4, -0.2) is 36.5 Å². The second kappa shape index (κ2) is 8.75. The van der Waals surface area contributed by atoms with Crippen molar-refractivity contribution in [1.82, 2.24) is 4.90 Å². The second-order valence-electron chi connectivity index (χ2n) is 5.98. The third-order valence-electron chi connectivity index (χ3n) is 4.34. The fourth-order valence-corrected chi connectivity index (χ4v) is 3.75.